The van der Waals surface area contributed by atoms with Crippen LogP contribution in [-0.2, 0) is 4.79 Å². The van der Waals surface area contributed by atoms with E-state index in [1.54, 1.807) is 0 Å². The molecule has 0 aliphatic carbocycles. The third-order valence-corrected chi connectivity index (χ3v) is 4.75. The first-order valence-corrected chi connectivity index (χ1v) is 6.98. The molecule has 106 valence electrons. The first-order chi connectivity index (χ1) is 8.29. The van der Waals surface area contributed by atoms with Crippen molar-refractivity contribution in [3.63, 3.8) is 0 Å². The average molecular weight is 257 g/mol. The Balaban J connectivity index is 2.73. The van der Waals surface area contributed by atoms with Crippen molar-refractivity contribution in [1.29, 1.82) is 0 Å². The van der Waals surface area contributed by atoms with Crippen LogP contribution < -0.4 is 0 Å². The lowest BCUT2D eigenvalue weighted by molar-refractivity contribution is -0.151. The van der Waals surface area contributed by atoms with Gasteiger partial charge in [-0.3, -0.25) is 9.69 Å². The fraction of sp³-hybridized carbons (Fsp3) is 0.929. The highest BCUT2D eigenvalue weighted by Crippen LogP contribution is 2.38. The van der Waals surface area contributed by atoms with E-state index in [1.165, 1.54) is 0 Å². The van der Waals surface area contributed by atoms with Crippen LogP contribution in [0, 0.1) is 11.3 Å². The van der Waals surface area contributed by atoms with E-state index in [1.807, 2.05) is 27.7 Å². The molecule has 4 heteroatoms. The standard InChI is InChI=1S/C14H27NO3/c1-5-13(18,6-2)9-15-8-7-14(10-15,11(3)4)12(16)17/h11,18H,5-10H2,1-4H3,(H,16,17). The molecule has 2 N–H and O–H groups in total. The van der Waals surface area contributed by atoms with Crippen LogP contribution in [-0.4, -0.2) is 46.3 Å². The molecule has 1 fully saturated rings. The Kier molecular flexibility index (Phi) is 4.78. The number of nitrogens with zero attached hydrogens (tertiary/aromatic N) is 1. The highest BCUT2D eigenvalue weighted by atomic mass is 16.4. The Labute approximate surface area is 110 Å². The predicted molar refractivity (Wildman–Crippen MR) is 71.5 cm³/mol. The molecule has 0 aromatic heterocycles. The molecular formula is C14H27NO3. The van der Waals surface area contributed by atoms with Crippen molar-refractivity contribution in [3.05, 3.63) is 0 Å². The molecule has 1 heterocycles. The van der Waals surface area contributed by atoms with Crippen LogP contribution in [0.25, 0.3) is 0 Å². The van der Waals surface area contributed by atoms with Crippen LogP contribution in [0.4, 0.5) is 0 Å². The molecule has 0 aromatic carbocycles. The monoisotopic (exact) mass is 257 g/mol. The number of carboxylic acid groups (broad SMARTS) is 1. The molecule has 0 amide bonds. The van der Waals surface area contributed by atoms with Crippen LogP contribution in [0.2, 0.25) is 0 Å². The van der Waals surface area contributed by atoms with Gasteiger partial charge < -0.3 is 10.2 Å². The number of aliphatic carboxylic acids is 1. The highest BCUT2D eigenvalue weighted by Gasteiger charge is 2.48. The van der Waals surface area contributed by atoms with Crippen molar-refractivity contribution >= 4 is 5.97 Å². The summed E-state index contributed by atoms with van der Waals surface area (Å²) in [5.41, 5.74) is -1.31. The van der Waals surface area contributed by atoms with Gasteiger partial charge in [0.05, 0.1) is 11.0 Å². The Morgan fingerprint density at radius 1 is 1.39 bits per heavy atom. The van der Waals surface area contributed by atoms with Crippen molar-refractivity contribution in [2.45, 2.75) is 52.6 Å². The topological polar surface area (TPSA) is 60.8 Å². The molecule has 1 aliphatic rings. The smallest absolute Gasteiger partial charge is 0.311 e. The fourth-order valence-electron chi connectivity index (χ4n) is 2.83. The van der Waals surface area contributed by atoms with Crippen LogP contribution in [0.3, 0.4) is 0 Å². The summed E-state index contributed by atoms with van der Waals surface area (Å²) in [5.74, 6) is -0.576. The Morgan fingerprint density at radius 2 is 1.94 bits per heavy atom. The molecule has 18 heavy (non-hydrogen) atoms. The number of rotatable bonds is 6. The molecule has 0 radical (unpaired) electrons. The fourth-order valence-corrected chi connectivity index (χ4v) is 2.83. The van der Waals surface area contributed by atoms with Gasteiger partial charge in [-0.1, -0.05) is 27.7 Å². The first kappa shape index (κ1) is 15.4. The number of likely N-dealkylation sites (tertiary alicyclic amines) is 1. The molecule has 4 nitrogen and oxygen atoms in total. The molecule has 0 spiro atoms. The summed E-state index contributed by atoms with van der Waals surface area (Å²) in [7, 11) is 0. The molecule has 1 saturated heterocycles. The van der Waals surface area contributed by atoms with Gasteiger partial charge in [0.2, 0.25) is 0 Å². The maximum Gasteiger partial charge on any atom is 0.311 e. The molecule has 1 aliphatic heterocycles. The van der Waals surface area contributed by atoms with Crippen LogP contribution >= 0.6 is 0 Å². The number of carbonyl (C=O) groups is 1. The second-order valence-electron chi connectivity index (χ2n) is 6.01. The Morgan fingerprint density at radius 3 is 2.28 bits per heavy atom. The normalized spacial score (nSPS) is 25.9. The summed E-state index contributed by atoms with van der Waals surface area (Å²) in [5, 5.41) is 19.8. The second-order valence-corrected chi connectivity index (χ2v) is 6.01. The van der Waals surface area contributed by atoms with E-state index in [9.17, 15) is 15.0 Å². The quantitative estimate of drug-likeness (QED) is 0.763. The Bertz CT molecular complexity index is 299. The van der Waals surface area contributed by atoms with E-state index in [2.05, 4.69) is 4.90 Å². The Hall–Kier alpha value is -0.610. The molecule has 1 atom stereocenters. The van der Waals surface area contributed by atoms with Crippen LogP contribution in [0.5, 0.6) is 0 Å². The maximum absolute atomic E-state index is 11.5. The van der Waals surface area contributed by atoms with E-state index in [0.717, 1.165) is 6.54 Å². The molecule has 1 unspecified atom stereocenters. The van der Waals surface area contributed by atoms with Crippen molar-refractivity contribution in [1.82, 2.24) is 4.90 Å². The number of aliphatic hydroxyl groups is 1. The summed E-state index contributed by atoms with van der Waals surface area (Å²) in [6.45, 7) is 9.82. The van der Waals surface area contributed by atoms with E-state index in [0.29, 0.717) is 32.4 Å². The highest BCUT2D eigenvalue weighted by molar-refractivity contribution is 5.75. The maximum atomic E-state index is 11.5. The van der Waals surface area contributed by atoms with Gasteiger partial charge in [0, 0.05) is 13.1 Å². The van der Waals surface area contributed by atoms with Crippen molar-refractivity contribution in [3.8, 4) is 0 Å². The van der Waals surface area contributed by atoms with Gasteiger partial charge in [0.25, 0.3) is 0 Å². The van der Waals surface area contributed by atoms with Crippen molar-refractivity contribution < 1.29 is 15.0 Å². The van der Waals surface area contributed by atoms with E-state index in [4.69, 9.17) is 0 Å². The largest absolute Gasteiger partial charge is 0.481 e. The zero-order valence-electron chi connectivity index (χ0n) is 12.1. The lowest BCUT2D eigenvalue weighted by Crippen LogP contribution is -2.44. The van der Waals surface area contributed by atoms with E-state index in [-0.39, 0.29) is 5.92 Å². The molecule has 0 bridgehead atoms. The number of hydrogen-bond donors (Lipinski definition) is 2. The van der Waals surface area contributed by atoms with E-state index < -0.39 is 17.0 Å². The zero-order valence-corrected chi connectivity index (χ0v) is 12.1. The van der Waals surface area contributed by atoms with Crippen LogP contribution in [0.1, 0.15) is 47.0 Å². The lowest BCUT2D eigenvalue weighted by Gasteiger charge is -2.33. The molecular weight excluding hydrogens is 230 g/mol. The van der Waals surface area contributed by atoms with Crippen molar-refractivity contribution in [2.24, 2.45) is 11.3 Å². The number of hydrogen-bond acceptors (Lipinski definition) is 3. The minimum Gasteiger partial charge on any atom is -0.481 e. The summed E-state index contributed by atoms with van der Waals surface area (Å²) in [6, 6.07) is 0. The summed E-state index contributed by atoms with van der Waals surface area (Å²) < 4.78 is 0. The van der Waals surface area contributed by atoms with Gasteiger partial charge in [-0.05, 0) is 31.7 Å². The van der Waals surface area contributed by atoms with Gasteiger partial charge in [-0.15, -0.1) is 0 Å². The third-order valence-electron chi connectivity index (χ3n) is 4.75. The summed E-state index contributed by atoms with van der Waals surface area (Å²) in [4.78, 5) is 13.6. The van der Waals surface area contributed by atoms with Gasteiger partial charge >= 0.3 is 5.97 Å². The second kappa shape index (κ2) is 5.57. The first-order valence-electron chi connectivity index (χ1n) is 6.98. The summed E-state index contributed by atoms with van der Waals surface area (Å²) in [6.07, 6.45) is 2.10. The third kappa shape index (κ3) is 2.86. The number of β-amino-alcohol motifs (C(OH)–C–C–N with tert-alkyl or cyclic N) is 1. The van der Waals surface area contributed by atoms with Crippen molar-refractivity contribution in [2.75, 3.05) is 19.6 Å². The van der Waals surface area contributed by atoms with Gasteiger partial charge in [0.15, 0.2) is 0 Å². The lowest BCUT2D eigenvalue weighted by atomic mass is 9.76. The minimum atomic E-state index is -0.698. The molecule has 1 rings (SSSR count). The molecule has 0 aromatic rings. The predicted octanol–water partition coefficient (Wildman–Crippen LogP) is 1.97. The summed E-state index contributed by atoms with van der Waals surface area (Å²) >= 11 is 0. The van der Waals surface area contributed by atoms with Gasteiger partial charge in [-0.25, -0.2) is 0 Å². The van der Waals surface area contributed by atoms with Gasteiger partial charge in [0.1, 0.15) is 0 Å². The number of carboxylic acids is 1. The zero-order chi connectivity index (χ0) is 14.0. The van der Waals surface area contributed by atoms with Crippen LogP contribution in [0.15, 0.2) is 0 Å². The molecule has 0 saturated carbocycles. The average Bonchev–Trinajstić information content (AvgIpc) is 2.74. The van der Waals surface area contributed by atoms with Gasteiger partial charge in [-0.2, -0.15) is 0 Å². The SMILES string of the molecule is CCC(O)(CC)CN1CCC(C(=O)O)(C(C)C)C1. The minimum absolute atomic E-state index is 0.122. The van der Waals surface area contributed by atoms with E-state index >= 15 is 0 Å².